The fourth-order valence-corrected chi connectivity index (χ4v) is 1.41. The van der Waals surface area contributed by atoms with Gasteiger partial charge in [0.05, 0.1) is 18.9 Å². The van der Waals surface area contributed by atoms with E-state index in [1.54, 1.807) is 0 Å². The Labute approximate surface area is 78.3 Å². The lowest BCUT2D eigenvalue weighted by atomic mass is 10.3. The van der Waals surface area contributed by atoms with Gasteiger partial charge in [-0.3, -0.25) is 0 Å². The Bertz CT molecular complexity index is 262. The van der Waals surface area contributed by atoms with E-state index in [9.17, 15) is 0 Å². The van der Waals surface area contributed by atoms with Crippen LogP contribution < -0.4 is 5.43 Å². The van der Waals surface area contributed by atoms with E-state index < -0.39 is 0 Å². The summed E-state index contributed by atoms with van der Waals surface area (Å²) in [4.78, 5) is 0. The van der Waals surface area contributed by atoms with Crippen LogP contribution in [0.25, 0.3) is 0 Å². The van der Waals surface area contributed by atoms with Crippen LogP contribution in [-0.2, 0) is 4.74 Å². The molecular formula is C10H14N2O. The van der Waals surface area contributed by atoms with E-state index in [4.69, 9.17) is 4.74 Å². The van der Waals surface area contributed by atoms with Crippen molar-refractivity contribution in [3.63, 3.8) is 0 Å². The third-order valence-corrected chi connectivity index (χ3v) is 2.20. The van der Waals surface area contributed by atoms with Gasteiger partial charge in [-0.2, -0.15) is 0 Å². The molecule has 13 heavy (non-hydrogen) atoms. The van der Waals surface area contributed by atoms with E-state index in [0.29, 0.717) is 0 Å². The molecular weight excluding hydrogens is 164 g/mol. The average Bonchev–Trinajstić information content (AvgIpc) is 2.54. The molecule has 1 aliphatic heterocycles. The summed E-state index contributed by atoms with van der Waals surface area (Å²) in [5.74, 6) is 0. The van der Waals surface area contributed by atoms with Crippen molar-refractivity contribution in [3.8, 4) is 0 Å². The van der Waals surface area contributed by atoms with Gasteiger partial charge in [-0.25, -0.2) is 5.01 Å². The fraction of sp³-hybridized carbons (Fsp3) is 0.400. The molecule has 0 aromatic rings. The van der Waals surface area contributed by atoms with E-state index in [0.717, 1.165) is 37.6 Å². The number of nitrogens with one attached hydrogen (secondary N) is 1. The molecule has 0 atom stereocenters. The molecule has 2 aliphatic rings. The molecule has 0 unspecified atom stereocenters. The molecule has 1 fully saturated rings. The first kappa shape index (κ1) is 8.53. The molecule has 0 amide bonds. The molecule has 1 aliphatic carbocycles. The summed E-state index contributed by atoms with van der Waals surface area (Å²) in [6, 6.07) is 0. The van der Waals surface area contributed by atoms with Gasteiger partial charge >= 0.3 is 0 Å². The van der Waals surface area contributed by atoms with Crippen LogP contribution >= 0.6 is 0 Å². The molecule has 0 spiro atoms. The van der Waals surface area contributed by atoms with Gasteiger partial charge in [-0.1, -0.05) is 18.7 Å². The van der Waals surface area contributed by atoms with Crippen LogP contribution in [0.2, 0.25) is 0 Å². The van der Waals surface area contributed by atoms with Crippen LogP contribution in [0.15, 0.2) is 36.1 Å². The minimum atomic E-state index is 0.806. The highest BCUT2D eigenvalue weighted by Gasteiger charge is 2.12. The maximum Gasteiger partial charge on any atom is 0.0612 e. The summed E-state index contributed by atoms with van der Waals surface area (Å²) in [7, 11) is 0. The third-order valence-electron chi connectivity index (χ3n) is 2.20. The Kier molecular flexibility index (Phi) is 2.47. The molecule has 0 aromatic carbocycles. The molecule has 1 heterocycles. The first-order chi connectivity index (χ1) is 6.36. The van der Waals surface area contributed by atoms with Crippen molar-refractivity contribution in [2.75, 3.05) is 26.3 Å². The quantitative estimate of drug-likeness (QED) is 0.678. The van der Waals surface area contributed by atoms with Gasteiger partial charge < -0.3 is 10.2 Å². The second-order valence-electron chi connectivity index (χ2n) is 3.18. The van der Waals surface area contributed by atoms with E-state index in [1.807, 2.05) is 18.2 Å². The van der Waals surface area contributed by atoms with Crippen molar-refractivity contribution in [1.82, 2.24) is 10.4 Å². The topological polar surface area (TPSA) is 24.5 Å². The number of allylic oxidation sites excluding steroid dienone is 3. The Morgan fingerprint density at radius 3 is 2.77 bits per heavy atom. The summed E-state index contributed by atoms with van der Waals surface area (Å²) >= 11 is 0. The first-order valence-corrected chi connectivity index (χ1v) is 4.53. The molecule has 1 saturated heterocycles. The predicted octanol–water partition coefficient (Wildman–Crippen LogP) is 0.833. The van der Waals surface area contributed by atoms with Crippen molar-refractivity contribution in [1.29, 1.82) is 0 Å². The number of rotatable bonds is 2. The molecule has 70 valence electrons. The lowest BCUT2D eigenvalue weighted by Gasteiger charge is -2.28. The highest BCUT2D eigenvalue weighted by molar-refractivity contribution is 5.44. The van der Waals surface area contributed by atoms with Gasteiger partial charge in [0.15, 0.2) is 0 Å². The lowest BCUT2D eigenvalue weighted by Crippen LogP contribution is -2.45. The monoisotopic (exact) mass is 178 g/mol. The summed E-state index contributed by atoms with van der Waals surface area (Å²) in [6.07, 6.45) is 6.05. The fourth-order valence-electron chi connectivity index (χ4n) is 1.41. The molecule has 3 nitrogen and oxygen atoms in total. The summed E-state index contributed by atoms with van der Waals surface area (Å²) in [5, 5.41) is 2.16. The van der Waals surface area contributed by atoms with Crippen LogP contribution in [-0.4, -0.2) is 31.3 Å². The number of hydrogen-bond donors (Lipinski definition) is 1. The number of nitrogens with zero attached hydrogens (tertiary/aromatic N) is 1. The predicted molar refractivity (Wildman–Crippen MR) is 51.9 cm³/mol. The Morgan fingerprint density at radius 2 is 2.15 bits per heavy atom. The van der Waals surface area contributed by atoms with Gasteiger partial charge in [-0.05, 0) is 11.6 Å². The minimum absolute atomic E-state index is 0.806. The molecule has 0 saturated carbocycles. The zero-order valence-electron chi connectivity index (χ0n) is 7.62. The van der Waals surface area contributed by atoms with Crippen molar-refractivity contribution in [3.05, 3.63) is 36.1 Å². The molecule has 1 N–H and O–H groups in total. The van der Waals surface area contributed by atoms with E-state index >= 15 is 0 Å². The second kappa shape index (κ2) is 3.77. The molecule has 3 heteroatoms. The Morgan fingerprint density at radius 1 is 1.38 bits per heavy atom. The largest absolute Gasteiger partial charge is 0.379 e. The lowest BCUT2D eigenvalue weighted by molar-refractivity contribution is 0.0192. The van der Waals surface area contributed by atoms with Crippen molar-refractivity contribution < 1.29 is 4.74 Å². The van der Waals surface area contributed by atoms with E-state index in [2.05, 4.69) is 17.0 Å². The molecule has 0 bridgehead atoms. The maximum absolute atomic E-state index is 5.25. The zero-order valence-corrected chi connectivity index (χ0v) is 7.62. The normalized spacial score (nSPS) is 23.4. The SMILES string of the molecule is C=C1C=CC=C1NN1CCOCC1. The van der Waals surface area contributed by atoms with E-state index in [1.165, 1.54) is 0 Å². The number of morpholine rings is 1. The van der Waals surface area contributed by atoms with Crippen LogP contribution in [0.3, 0.4) is 0 Å². The standard InChI is InChI=1S/C10H14N2O/c1-9-3-2-4-10(9)11-12-5-7-13-8-6-12/h2-4,11H,1,5-8H2. The Balaban J connectivity index is 1.87. The van der Waals surface area contributed by atoms with E-state index in [-0.39, 0.29) is 0 Å². The zero-order chi connectivity index (χ0) is 9.10. The van der Waals surface area contributed by atoms with Crippen LogP contribution in [0.5, 0.6) is 0 Å². The molecule has 2 rings (SSSR count). The van der Waals surface area contributed by atoms with Gasteiger partial charge in [0.25, 0.3) is 0 Å². The van der Waals surface area contributed by atoms with Crippen molar-refractivity contribution in [2.24, 2.45) is 0 Å². The minimum Gasteiger partial charge on any atom is -0.379 e. The van der Waals surface area contributed by atoms with Crippen LogP contribution in [0.4, 0.5) is 0 Å². The number of hydrazine groups is 1. The maximum atomic E-state index is 5.25. The highest BCUT2D eigenvalue weighted by Crippen LogP contribution is 2.13. The van der Waals surface area contributed by atoms with Gasteiger partial charge in [0.2, 0.25) is 0 Å². The van der Waals surface area contributed by atoms with Gasteiger partial charge in [0, 0.05) is 13.1 Å². The molecule has 0 aromatic heterocycles. The average molecular weight is 178 g/mol. The van der Waals surface area contributed by atoms with Crippen molar-refractivity contribution >= 4 is 0 Å². The first-order valence-electron chi connectivity index (χ1n) is 4.53. The molecule has 0 radical (unpaired) electrons. The van der Waals surface area contributed by atoms with Crippen LogP contribution in [0.1, 0.15) is 0 Å². The van der Waals surface area contributed by atoms with Crippen molar-refractivity contribution in [2.45, 2.75) is 0 Å². The Hall–Kier alpha value is -1.06. The number of ether oxygens (including phenoxy) is 1. The smallest absolute Gasteiger partial charge is 0.0612 e. The van der Waals surface area contributed by atoms with Crippen LogP contribution in [0, 0.1) is 0 Å². The van der Waals surface area contributed by atoms with Gasteiger partial charge in [-0.15, -0.1) is 0 Å². The summed E-state index contributed by atoms with van der Waals surface area (Å²) in [5.41, 5.74) is 5.47. The summed E-state index contributed by atoms with van der Waals surface area (Å²) in [6.45, 7) is 7.41. The highest BCUT2D eigenvalue weighted by atomic mass is 16.5. The third kappa shape index (κ3) is 1.99. The second-order valence-corrected chi connectivity index (χ2v) is 3.18. The van der Waals surface area contributed by atoms with Gasteiger partial charge in [0.1, 0.15) is 0 Å². The number of hydrogen-bond acceptors (Lipinski definition) is 3. The summed E-state index contributed by atoms with van der Waals surface area (Å²) < 4.78 is 5.25.